The maximum absolute atomic E-state index is 12.7. The van der Waals surface area contributed by atoms with E-state index in [1.807, 2.05) is 13.0 Å². The van der Waals surface area contributed by atoms with Crippen LogP contribution in [0.4, 0.5) is 10.5 Å². The number of carbonyl (C=O) groups is 1. The summed E-state index contributed by atoms with van der Waals surface area (Å²) in [4.78, 5) is 26.5. The Balaban J connectivity index is 1.26. The summed E-state index contributed by atoms with van der Waals surface area (Å²) in [5.41, 5.74) is 3.10. The molecule has 2 aromatic rings. The largest absolute Gasteiger partial charge is 0.493 e. The molecule has 0 bridgehead atoms. The SMILES string of the molecule is CCOc1cc(C#N)c(C2CC2)cc1CN1CCC2(CC1)CN(c1ccc(P(C)(=O)O)cc1)C(=O)O2. The average Bonchev–Trinajstić information content (AvgIpc) is 3.65. The van der Waals surface area contributed by atoms with E-state index >= 15 is 0 Å². The lowest BCUT2D eigenvalue weighted by atomic mass is 9.90. The van der Waals surface area contributed by atoms with E-state index in [0.29, 0.717) is 35.6 Å². The van der Waals surface area contributed by atoms with Crippen LogP contribution in [0.2, 0.25) is 0 Å². The number of carbonyl (C=O) groups excluding carboxylic acids is 1. The van der Waals surface area contributed by atoms with Gasteiger partial charge in [0.1, 0.15) is 11.4 Å². The predicted octanol–water partition coefficient (Wildman–Crippen LogP) is 4.35. The summed E-state index contributed by atoms with van der Waals surface area (Å²) in [7, 11) is -3.34. The molecule has 2 heterocycles. The van der Waals surface area contributed by atoms with E-state index < -0.39 is 13.0 Å². The summed E-state index contributed by atoms with van der Waals surface area (Å²) in [6.07, 6.45) is 3.35. The Kier molecular flexibility index (Phi) is 6.59. The molecule has 0 aromatic heterocycles. The second-order valence-electron chi connectivity index (χ2n) is 10.2. The number of nitrogens with zero attached hydrogens (tertiary/aromatic N) is 3. The van der Waals surface area contributed by atoms with Crippen LogP contribution in [-0.2, 0) is 15.8 Å². The number of likely N-dealkylation sites (tertiary alicyclic amines) is 1. The van der Waals surface area contributed by atoms with E-state index in [4.69, 9.17) is 9.47 Å². The first-order valence-corrected chi connectivity index (χ1v) is 14.7. The zero-order valence-corrected chi connectivity index (χ0v) is 21.7. The van der Waals surface area contributed by atoms with Crippen molar-refractivity contribution in [2.75, 3.05) is 37.8 Å². The molecule has 2 aliphatic heterocycles. The first kappa shape index (κ1) is 24.8. The zero-order chi connectivity index (χ0) is 25.5. The topological polar surface area (TPSA) is 103 Å². The van der Waals surface area contributed by atoms with Crippen LogP contribution in [-0.4, -0.2) is 54.4 Å². The number of nitriles is 1. The standard InChI is InChI=1S/C27H32N3O5P/c1-3-34-25-15-20(16-28)24(19-4-5-19)14-21(25)17-29-12-10-27(11-13-29)18-30(26(31)35-27)22-6-8-23(9-7-22)36(2,32)33/h6-9,14-15,19H,3-5,10-13,17-18H2,1-2H3,(H,32,33). The Hall–Kier alpha value is -2.85. The molecule has 1 amide bonds. The molecule has 1 aliphatic carbocycles. The quantitative estimate of drug-likeness (QED) is 0.554. The van der Waals surface area contributed by atoms with Gasteiger partial charge in [-0.15, -0.1) is 0 Å². The third-order valence-electron chi connectivity index (χ3n) is 7.44. The van der Waals surface area contributed by atoms with Crippen molar-refractivity contribution < 1.29 is 23.7 Å². The molecule has 1 atom stereocenters. The minimum atomic E-state index is -3.34. The lowest BCUT2D eigenvalue weighted by Gasteiger charge is -2.37. The van der Waals surface area contributed by atoms with Gasteiger partial charge in [-0.05, 0) is 67.6 Å². The second-order valence-corrected chi connectivity index (χ2v) is 12.4. The highest BCUT2D eigenvalue weighted by Crippen LogP contribution is 2.44. The summed E-state index contributed by atoms with van der Waals surface area (Å²) in [6, 6.07) is 13.0. The van der Waals surface area contributed by atoms with Gasteiger partial charge in [0.15, 0.2) is 0 Å². The summed E-state index contributed by atoms with van der Waals surface area (Å²) >= 11 is 0. The van der Waals surface area contributed by atoms with Gasteiger partial charge in [0.2, 0.25) is 7.37 Å². The molecular weight excluding hydrogens is 477 g/mol. The van der Waals surface area contributed by atoms with Crippen LogP contribution in [0.5, 0.6) is 5.75 Å². The number of ether oxygens (including phenoxy) is 2. The van der Waals surface area contributed by atoms with Crippen molar-refractivity contribution in [3.05, 3.63) is 53.1 Å². The normalized spacial score (nSPS) is 21.2. The molecule has 190 valence electrons. The monoisotopic (exact) mass is 509 g/mol. The van der Waals surface area contributed by atoms with E-state index in [1.54, 1.807) is 29.2 Å². The van der Waals surface area contributed by atoms with Gasteiger partial charge < -0.3 is 14.4 Å². The first-order chi connectivity index (χ1) is 17.2. The van der Waals surface area contributed by atoms with E-state index in [1.165, 1.54) is 6.66 Å². The smallest absolute Gasteiger partial charge is 0.415 e. The molecule has 0 radical (unpaired) electrons. The molecule has 1 spiro atoms. The highest BCUT2D eigenvalue weighted by molar-refractivity contribution is 7.65. The van der Waals surface area contributed by atoms with Gasteiger partial charge in [-0.3, -0.25) is 14.4 Å². The average molecular weight is 510 g/mol. The van der Waals surface area contributed by atoms with Gasteiger partial charge in [0.25, 0.3) is 0 Å². The number of piperidine rings is 1. The van der Waals surface area contributed by atoms with E-state index in [-0.39, 0.29) is 6.09 Å². The molecule has 36 heavy (non-hydrogen) atoms. The first-order valence-electron chi connectivity index (χ1n) is 12.5. The Morgan fingerprint density at radius 1 is 1.22 bits per heavy atom. The highest BCUT2D eigenvalue weighted by Gasteiger charge is 2.47. The Bertz CT molecular complexity index is 1240. The highest BCUT2D eigenvalue weighted by atomic mass is 31.2. The van der Waals surface area contributed by atoms with Crippen LogP contribution < -0.4 is 14.9 Å². The molecule has 9 heteroatoms. The number of hydrogen-bond acceptors (Lipinski definition) is 6. The maximum Gasteiger partial charge on any atom is 0.415 e. The number of hydrogen-bond donors (Lipinski definition) is 1. The van der Waals surface area contributed by atoms with Crippen LogP contribution >= 0.6 is 7.37 Å². The molecule has 8 nitrogen and oxygen atoms in total. The van der Waals surface area contributed by atoms with Crippen molar-refractivity contribution in [2.24, 2.45) is 0 Å². The van der Waals surface area contributed by atoms with Crippen LogP contribution in [0.3, 0.4) is 0 Å². The van der Waals surface area contributed by atoms with Crippen LogP contribution in [0.1, 0.15) is 55.2 Å². The molecule has 5 rings (SSSR count). The second kappa shape index (κ2) is 9.55. The summed E-state index contributed by atoms with van der Waals surface area (Å²) in [5.74, 6) is 1.26. The summed E-state index contributed by atoms with van der Waals surface area (Å²) in [6.45, 7) is 6.57. The van der Waals surface area contributed by atoms with Crippen molar-refractivity contribution in [3.63, 3.8) is 0 Å². The molecule has 1 N–H and O–H groups in total. The van der Waals surface area contributed by atoms with Gasteiger partial charge in [-0.25, -0.2) is 4.79 Å². The minimum absolute atomic E-state index is 0.362. The van der Waals surface area contributed by atoms with Crippen LogP contribution in [0, 0.1) is 11.3 Å². The van der Waals surface area contributed by atoms with Crippen LogP contribution in [0.15, 0.2) is 36.4 Å². The number of amides is 1. The maximum atomic E-state index is 12.7. The van der Waals surface area contributed by atoms with Gasteiger partial charge in [-0.1, -0.05) is 0 Å². The Labute approximate surface area is 211 Å². The fourth-order valence-corrected chi connectivity index (χ4v) is 5.94. The van der Waals surface area contributed by atoms with Crippen molar-refractivity contribution in [2.45, 2.75) is 50.7 Å². The van der Waals surface area contributed by atoms with Gasteiger partial charge in [0.05, 0.1) is 24.8 Å². The lowest BCUT2D eigenvalue weighted by Crippen LogP contribution is -2.46. The number of rotatable bonds is 7. The van der Waals surface area contributed by atoms with Crippen molar-refractivity contribution in [1.82, 2.24) is 4.90 Å². The third-order valence-corrected chi connectivity index (χ3v) is 8.70. The van der Waals surface area contributed by atoms with Gasteiger partial charge in [-0.2, -0.15) is 5.26 Å². The Morgan fingerprint density at radius 2 is 1.92 bits per heavy atom. The predicted molar refractivity (Wildman–Crippen MR) is 137 cm³/mol. The van der Waals surface area contributed by atoms with E-state index in [0.717, 1.165) is 62.2 Å². The van der Waals surface area contributed by atoms with Gasteiger partial charge in [0, 0.05) is 55.7 Å². The van der Waals surface area contributed by atoms with Crippen molar-refractivity contribution >= 4 is 24.5 Å². The fourth-order valence-electron chi connectivity index (χ4n) is 5.24. The minimum Gasteiger partial charge on any atom is -0.493 e. The molecule has 3 aliphatic rings. The Morgan fingerprint density at radius 3 is 2.50 bits per heavy atom. The molecular formula is C27H32N3O5P. The van der Waals surface area contributed by atoms with Gasteiger partial charge >= 0.3 is 6.09 Å². The zero-order valence-electron chi connectivity index (χ0n) is 20.8. The number of benzene rings is 2. The third kappa shape index (κ3) is 5.01. The van der Waals surface area contributed by atoms with Crippen molar-refractivity contribution in [1.29, 1.82) is 5.26 Å². The number of anilines is 1. The summed E-state index contributed by atoms with van der Waals surface area (Å²) in [5, 5.41) is 9.97. The lowest BCUT2D eigenvalue weighted by molar-refractivity contribution is -0.00111. The van der Waals surface area contributed by atoms with Crippen molar-refractivity contribution in [3.8, 4) is 11.8 Å². The molecule has 2 saturated heterocycles. The molecule has 1 saturated carbocycles. The fraction of sp³-hybridized carbons (Fsp3) is 0.481. The van der Waals surface area contributed by atoms with Crippen LogP contribution in [0.25, 0.3) is 0 Å². The van der Waals surface area contributed by atoms with E-state index in [2.05, 4.69) is 17.0 Å². The molecule has 3 fully saturated rings. The molecule has 1 unspecified atom stereocenters. The molecule has 2 aromatic carbocycles. The summed E-state index contributed by atoms with van der Waals surface area (Å²) < 4.78 is 23.7. The van der Waals surface area contributed by atoms with E-state index in [9.17, 15) is 19.5 Å².